The van der Waals surface area contributed by atoms with Crippen LogP contribution < -0.4 is 0 Å². The largest absolute Gasteiger partial charge is 0.461 e. The third-order valence-corrected chi connectivity index (χ3v) is 4.82. The van der Waals surface area contributed by atoms with Crippen molar-refractivity contribution in [2.45, 2.75) is 70.5 Å². The molecule has 1 aliphatic rings. The van der Waals surface area contributed by atoms with Crippen LogP contribution in [0.2, 0.25) is 0 Å². The third-order valence-electron chi connectivity index (χ3n) is 4.82. The summed E-state index contributed by atoms with van der Waals surface area (Å²) in [5.41, 5.74) is 1.52. The van der Waals surface area contributed by atoms with Crippen molar-refractivity contribution in [3.63, 3.8) is 0 Å². The first-order valence-electron chi connectivity index (χ1n) is 10.3. The first-order valence-corrected chi connectivity index (χ1v) is 10.3. The zero-order valence-corrected chi connectivity index (χ0v) is 18.0. The molecule has 0 aliphatic heterocycles. The summed E-state index contributed by atoms with van der Waals surface area (Å²) in [6, 6.07) is 9.37. The van der Waals surface area contributed by atoms with E-state index < -0.39 is 23.5 Å². The first kappa shape index (κ1) is 22.5. The first-order chi connectivity index (χ1) is 14.8. The number of carbonyl (C=O) groups excluding carboxylic acids is 2. The van der Waals surface area contributed by atoms with E-state index in [0.29, 0.717) is 11.5 Å². The normalized spacial score (nSPS) is 15.1. The highest BCUT2D eigenvalue weighted by atomic mass is 16.6. The Hall–Kier alpha value is -3.16. The fraction of sp³-hybridized carbons (Fsp3) is 0.478. The van der Waals surface area contributed by atoms with Crippen LogP contribution in [0.5, 0.6) is 0 Å². The average molecular weight is 428 g/mol. The highest BCUT2D eigenvalue weighted by Gasteiger charge is 2.36. The molecule has 3 rings (SSSR count). The van der Waals surface area contributed by atoms with Gasteiger partial charge in [0.25, 0.3) is 0 Å². The van der Waals surface area contributed by atoms with Crippen molar-refractivity contribution in [3.05, 3.63) is 52.9 Å². The number of ether oxygens (including phenoxy) is 2. The summed E-state index contributed by atoms with van der Waals surface area (Å²) in [5, 5.41) is 16.1. The van der Waals surface area contributed by atoms with Gasteiger partial charge in [-0.15, -0.1) is 0 Å². The fourth-order valence-corrected chi connectivity index (χ4v) is 3.39. The van der Waals surface area contributed by atoms with Gasteiger partial charge in [0.15, 0.2) is 5.76 Å². The monoisotopic (exact) mass is 428 g/mol. The molecule has 8 nitrogen and oxygen atoms in total. The predicted molar refractivity (Wildman–Crippen MR) is 112 cm³/mol. The molecule has 1 aromatic carbocycles. The number of esters is 2. The maximum Gasteiger partial charge on any atom is 0.307 e. The van der Waals surface area contributed by atoms with Gasteiger partial charge < -0.3 is 19.2 Å². The molecule has 0 radical (unpaired) electrons. The number of hydrogen-bond donors (Lipinski definition) is 1. The molecule has 0 saturated heterocycles. The van der Waals surface area contributed by atoms with Crippen molar-refractivity contribution in [2.24, 2.45) is 5.16 Å². The Kier molecular flexibility index (Phi) is 7.09. The van der Waals surface area contributed by atoms with E-state index in [0.717, 1.165) is 24.0 Å². The van der Waals surface area contributed by atoms with Gasteiger partial charge in [0.1, 0.15) is 18.4 Å². The van der Waals surface area contributed by atoms with Gasteiger partial charge >= 0.3 is 11.9 Å². The summed E-state index contributed by atoms with van der Waals surface area (Å²) >= 11 is 0. The molecule has 1 atom stereocenters. The highest BCUT2D eigenvalue weighted by molar-refractivity contribution is 5.79. The van der Waals surface area contributed by atoms with E-state index in [4.69, 9.17) is 19.2 Å². The fourth-order valence-electron chi connectivity index (χ4n) is 3.39. The van der Waals surface area contributed by atoms with Crippen LogP contribution in [0.15, 0.2) is 40.0 Å². The number of rotatable bonds is 9. The van der Waals surface area contributed by atoms with E-state index in [-0.39, 0.29) is 25.4 Å². The van der Waals surface area contributed by atoms with Crippen molar-refractivity contribution in [2.75, 3.05) is 0 Å². The summed E-state index contributed by atoms with van der Waals surface area (Å²) in [7, 11) is 0. The summed E-state index contributed by atoms with van der Waals surface area (Å²) in [5.74, 6) is -0.907. The quantitative estimate of drug-likeness (QED) is 0.274. The number of hydrogen-bond acceptors (Lipinski definition) is 8. The summed E-state index contributed by atoms with van der Waals surface area (Å²) < 4.78 is 16.2. The minimum absolute atomic E-state index is 0.0420. The second-order valence-corrected chi connectivity index (χ2v) is 8.70. The third kappa shape index (κ3) is 6.67. The molecular formula is C23H28N2O6. The van der Waals surface area contributed by atoms with Crippen molar-refractivity contribution in [3.8, 4) is 0 Å². The molecule has 31 heavy (non-hydrogen) atoms. The average Bonchev–Trinajstić information content (AvgIpc) is 3.45. The molecule has 0 bridgehead atoms. The van der Waals surface area contributed by atoms with E-state index >= 15 is 0 Å². The lowest BCUT2D eigenvalue weighted by Crippen LogP contribution is -2.26. The predicted octanol–water partition coefficient (Wildman–Crippen LogP) is 4.31. The van der Waals surface area contributed by atoms with Gasteiger partial charge in [-0.2, -0.15) is 0 Å². The Morgan fingerprint density at radius 3 is 2.52 bits per heavy atom. The molecule has 1 saturated carbocycles. The van der Waals surface area contributed by atoms with Gasteiger partial charge in [-0.05, 0) is 45.1 Å². The number of carbonyl (C=O) groups is 2. The van der Waals surface area contributed by atoms with Gasteiger partial charge in [0.05, 0.1) is 18.5 Å². The SMILES string of the molecule is CC(C)(C)OC(=O)C[C@@H](CC(=O)OCc1ccccc1)c1noc(/C=N/O)c1C1CC1. The topological polar surface area (TPSA) is 111 Å². The maximum absolute atomic E-state index is 12.6. The molecule has 0 amide bonds. The molecule has 0 unspecified atom stereocenters. The molecule has 1 heterocycles. The van der Waals surface area contributed by atoms with Gasteiger partial charge in [-0.3, -0.25) is 9.59 Å². The smallest absolute Gasteiger partial charge is 0.307 e. The van der Waals surface area contributed by atoms with Crippen molar-refractivity contribution >= 4 is 18.2 Å². The Bertz CT molecular complexity index is 925. The van der Waals surface area contributed by atoms with Crippen LogP contribution >= 0.6 is 0 Å². The summed E-state index contributed by atoms with van der Waals surface area (Å²) in [6.07, 6.45) is 2.98. The molecular weight excluding hydrogens is 400 g/mol. The van der Waals surface area contributed by atoms with Crippen LogP contribution in [0.4, 0.5) is 0 Å². The van der Waals surface area contributed by atoms with Crippen molar-refractivity contribution in [1.29, 1.82) is 0 Å². The lowest BCUT2D eigenvalue weighted by molar-refractivity contribution is -0.155. The van der Waals surface area contributed by atoms with Crippen LogP contribution in [-0.2, 0) is 25.7 Å². The van der Waals surface area contributed by atoms with Crippen LogP contribution in [0.3, 0.4) is 0 Å². The standard InChI is InChI=1S/C23H28N2O6/c1-23(2,3)30-20(27)12-17(11-19(26)29-14-15-7-5-4-6-8-15)22-21(16-9-10-16)18(13-24-28)31-25-22/h4-8,13,16-17,28H,9-12,14H2,1-3H3/b24-13+/t17-/m1/s1. The van der Waals surface area contributed by atoms with Crippen molar-refractivity contribution in [1.82, 2.24) is 5.16 Å². The van der Waals surface area contributed by atoms with Gasteiger partial charge in [-0.25, -0.2) is 0 Å². The number of aromatic nitrogens is 1. The molecule has 1 aliphatic carbocycles. The Balaban J connectivity index is 1.78. The molecule has 166 valence electrons. The lowest BCUT2D eigenvalue weighted by Gasteiger charge is -2.21. The zero-order chi connectivity index (χ0) is 22.4. The molecule has 1 N–H and O–H groups in total. The number of benzene rings is 1. The maximum atomic E-state index is 12.6. The zero-order valence-electron chi connectivity index (χ0n) is 18.0. The van der Waals surface area contributed by atoms with Crippen LogP contribution in [0.25, 0.3) is 0 Å². The second kappa shape index (κ2) is 9.76. The molecule has 0 spiro atoms. The molecule has 8 heteroatoms. The summed E-state index contributed by atoms with van der Waals surface area (Å²) in [6.45, 7) is 5.51. The molecule has 2 aromatic rings. The van der Waals surface area contributed by atoms with E-state index in [1.165, 1.54) is 6.21 Å². The van der Waals surface area contributed by atoms with Crippen LogP contribution in [-0.4, -0.2) is 34.1 Å². The minimum Gasteiger partial charge on any atom is -0.461 e. The van der Waals surface area contributed by atoms with E-state index in [2.05, 4.69) is 10.3 Å². The second-order valence-electron chi connectivity index (χ2n) is 8.70. The Morgan fingerprint density at radius 2 is 1.90 bits per heavy atom. The lowest BCUT2D eigenvalue weighted by atomic mass is 9.92. The minimum atomic E-state index is -0.646. The Morgan fingerprint density at radius 1 is 1.23 bits per heavy atom. The van der Waals surface area contributed by atoms with E-state index in [9.17, 15) is 9.59 Å². The number of oxime groups is 1. The number of nitrogens with zero attached hydrogens (tertiary/aromatic N) is 2. The summed E-state index contributed by atoms with van der Waals surface area (Å²) in [4.78, 5) is 25.1. The van der Waals surface area contributed by atoms with Gasteiger partial charge in [0, 0.05) is 11.5 Å². The molecule has 1 fully saturated rings. The van der Waals surface area contributed by atoms with E-state index in [1.54, 1.807) is 20.8 Å². The highest BCUT2D eigenvalue weighted by Crippen LogP contribution is 2.45. The van der Waals surface area contributed by atoms with Crippen molar-refractivity contribution < 1.29 is 28.8 Å². The van der Waals surface area contributed by atoms with E-state index in [1.807, 2.05) is 30.3 Å². The Labute approximate surface area is 181 Å². The molecule has 1 aromatic heterocycles. The van der Waals surface area contributed by atoms with Crippen LogP contribution in [0.1, 0.15) is 80.9 Å². The van der Waals surface area contributed by atoms with Gasteiger partial charge in [0.2, 0.25) is 0 Å². The van der Waals surface area contributed by atoms with Crippen LogP contribution in [0, 0.1) is 0 Å². The van der Waals surface area contributed by atoms with Gasteiger partial charge in [-0.1, -0.05) is 40.6 Å².